The predicted molar refractivity (Wildman–Crippen MR) is 74.7 cm³/mol. The van der Waals surface area contributed by atoms with Crippen molar-refractivity contribution in [2.75, 3.05) is 6.54 Å². The van der Waals surface area contributed by atoms with Crippen LogP contribution in [0, 0.1) is 11.8 Å². The Bertz CT molecular complexity index is 401. The van der Waals surface area contributed by atoms with Crippen LogP contribution in [-0.4, -0.2) is 34.7 Å². The summed E-state index contributed by atoms with van der Waals surface area (Å²) >= 11 is 0. The smallest absolute Gasteiger partial charge is 0.233 e. The Kier molecular flexibility index (Phi) is 4.16. The van der Waals surface area contributed by atoms with Crippen LogP contribution in [0.5, 0.6) is 0 Å². The molecule has 1 saturated carbocycles. The van der Waals surface area contributed by atoms with E-state index in [0.29, 0.717) is 0 Å². The van der Waals surface area contributed by atoms with Crippen molar-refractivity contribution in [1.82, 2.24) is 10.2 Å². The predicted octanol–water partition coefficient (Wildman–Crippen LogP) is 1.47. The second kappa shape index (κ2) is 5.54. The molecule has 0 bridgehead atoms. The zero-order valence-electron chi connectivity index (χ0n) is 12.6. The molecule has 5 nitrogen and oxygen atoms in total. The van der Waals surface area contributed by atoms with E-state index in [1.165, 1.54) is 4.90 Å². The summed E-state index contributed by atoms with van der Waals surface area (Å²) < 4.78 is 0. The number of likely N-dealkylation sites (tertiary alicyclic amines) is 1. The standard InChI is InChI=1S/C15H24N2O3/c1-15(2,3)16-12(18)8-9-17-13(19)10-6-4-5-7-11(10)14(17)20/h10-11H,4-9H2,1-3H3,(H,16,18). The molecule has 0 spiro atoms. The zero-order chi connectivity index (χ0) is 14.9. The topological polar surface area (TPSA) is 66.5 Å². The number of amides is 3. The van der Waals surface area contributed by atoms with E-state index in [1.807, 2.05) is 20.8 Å². The Balaban J connectivity index is 1.91. The lowest BCUT2D eigenvalue weighted by molar-refractivity contribution is -0.140. The van der Waals surface area contributed by atoms with Gasteiger partial charge in [0, 0.05) is 18.5 Å². The molecule has 2 unspecified atom stereocenters. The van der Waals surface area contributed by atoms with Gasteiger partial charge in [-0.15, -0.1) is 0 Å². The maximum atomic E-state index is 12.2. The normalized spacial score (nSPS) is 26.6. The molecule has 2 atom stereocenters. The van der Waals surface area contributed by atoms with E-state index in [-0.39, 0.29) is 48.1 Å². The summed E-state index contributed by atoms with van der Waals surface area (Å²) in [5.41, 5.74) is -0.288. The maximum Gasteiger partial charge on any atom is 0.233 e. The minimum Gasteiger partial charge on any atom is -0.351 e. The monoisotopic (exact) mass is 280 g/mol. The fraction of sp³-hybridized carbons (Fsp3) is 0.800. The van der Waals surface area contributed by atoms with Gasteiger partial charge in [-0.3, -0.25) is 19.3 Å². The Hall–Kier alpha value is -1.39. The zero-order valence-corrected chi connectivity index (χ0v) is 12.6. The third kappa shape index (κ3) is 3.19. The fourth-order valence-electron chi connectivity index (χ4n) is 3.15. The number of hydrogen-bond donors (Lipinski definition) is 1. The van der Waals surface area contributed by atoms with Crippen molar-refractivity contribution in [3.63, 3.8) is 0 Å². The van der Waals surface area contributed by atoms with E-state index >= 15 is 0 Å². The summed E-state index contributed by atoms with van der Waals surface area (Å²) in [6.45, 7) is 5.94. The molecule has 112 valence electrons. The Labute approximate surface area is 120 Å². The second-order valence-electron chi connectivity index (χ2n) is 6.87. The third-order valence-corrected chi connectivity index (χ3v) is 4.01. The molecule has 1 aliphatic heterocycles. The second-order valence-corrected chi connectivity index (χ2v) is 6.87. The molecule has 0 aromatic heterocycles. The van der Waals surface area contributed by atoms with Gasteiger partial charge in [-0.05, 0) is 33.6 Å². The number of nitrogens with one attached hydrogen (secondary N) is 1. The Morgan fingerprint density at radius 1 is 1.15 bits per heavy atom. The number of nitrogens with zero attached hydrogens (tertiary/aromatic N) is 1. The molecule has 5 heteroatoms. The van der Waals surface area contributed by atoms with E-state index in [0.717, 1.165) is 25.7 Å². The van der Waals surface area contributed by atoms with Crippen LogP contribution in [0.4, 0.5) is 0 Å². The molecule has 20 heavy (non-hydrogen) atoms. The van der Waals surface area contributed by atoms with Crippen LogP contribution in [0.2, 0.25) is 0 Å². The summed E-state index contributed by atoms with van der Waals surface area (Å²) in [6.07, 6.45) is 3.88. The Morgan fingerprint density at radius 3 is 2.10 bits per heavy atom. The first-order chi connectivity index (χ1) is 9.29. The van der Waals surface area contributed by atoms with Crippen molar-refractivity contribution >= 4 is 17.7 Å². The van der Waals surface area contributed by atoms with Gasteiger partial charge in [0.15, 0.2) is 0 Å². The van der Waals surface area contributed by atoms with Gasteiger partial charge >= 0.3 is 0 Å². The first-order valence-electron chi connectivity index (χ1n) is 7.46. The SMILES string of the molecule is CC(C)(C)NC(=O)CCN1C(=O)C2CCCCC2C1=O. The number of fused-ring (bicyclic) bond motifs is 1. The lowest BCUT2D eigenvalue weighted by atomic mass is 9.81. The highest BCUT2D eigenvalue weighted by Crippen LogP contribution is 2.37. The molecule has 1 N–H and O–H groups in total. The van der Waals surface area contributed by atoms with Gasteiger partial charge in [-0.2, -0.15) is 0 Å². The average Bonchev–Trinajstić information content (AvgIpc) is 2.59. The molecular formula is C15H24N2O3. The number of imide groups is 1. The maximum absolute atomic E-state index is 12.2. The average molecular weight is 280 g/mol. The quantitative estimate of drug-likeness (QED) is 0.796. The van der Waals surface area contributed by atoms with Crippen LogP contribution >= 0.6 is 0 Å². The van der Waals surface area contributed by atoms with Crippen LogP contribution in [-0.2, 0) is 14.4 Å². The van der Waals surface area contributed by atoms with Gasteiger partial charge < -0.3 is 5.32 Å². The van der Waals surface area contributed by atoms with Crippen molar-refractivity contribution in [2.24, 2.45) is 11.8 Å². The minimum atomic E-state index is -0.288. The lowest BCUT2D eigenvalue weighted by Gasteiger charge is -2.21. The minimum absolute atomic E-state index is 0.0664. The summed E-state index contributed by atoms with van der Waals surface area (Å²) in [7, 11) is 0. The molecule has 1 aliphatic carbocycles. The summed E-state index contributed by atoms with van der Waals surface area (Å²) in [4.78, 5) is 37.5. The highest BCUT2D eigenvalue weighted by molar-refractivity contribution is 6.05. The van der Waals surface area contributed by atoms with Crippen molar-refractivity contribution < 1.29 is 14.4 Å². The highest BCUT2D eigenvalue weighted by Gasteiger charge is 2.47. The molecule has 1 heterocycles. The first kappa shape index (κ1) is 15.0. The largest absolute Gasteiger partial charge is 0.351 e. The van der Waals surface area contributed by atoms with Crippen LogP contribution in [0.25, 0.3) is 0 Å². The number of rotatable bonds is 3. The van der Waals surface area contributed by atoms with Crippen molar-refractivity contribution in [1.29, 1.82) is 0 Å². The fourth-order valence-corrected chi connectivity index (χ4v) is 3.15. The van der Waals surface area contributed by atoms with Crippen LogP contribution in [0.3, 0.4) is 0 Å². The van der Waals surface area contributed by atoms with Gasteiger partial charge in [0.2, 0.25) is 17.7 Å². The third-order valence-electron chi connectivity index (χ3n) is 4.01. The number of hydrogen-bond acceptors (Lipinski definition) is 3. The molecular weight excluding hydrogens is 256 g/mol. The van der Waals surface area contributed by atoms with Crippen LogP contribution in [0.1, 0.15) is 52.9 Å². The van der Waals surface area contributed by atoms with Gasteiger partial charge in [0.25, 0.3) is 0 Å². The van der Waals surface area contributed by atoms with Gasteiger partial charge in [0.1, 0.15) is 0 Å². The molecule has 0 aromatic carbocycles. The van der Waals surface area contributed by atoms with E-state index in [2.05, 4.69) is 5.32 Å². The number of carbonyl (C=O) groups is 3. The molecule has 0 radical (unpaired) electrons. The summed E-state index contributed by atoms with van der Waals surface area (Å²) in [6, 6.07) is 0. The first-order valence-corrected chi connectivity index (χ1v) is 7.46. The molecule has 2 rings (SSSR count). The van der Waals surface area contributed by atoms with Crippen molar-refractivity contribution in [2.45, 2.75) is 58.4 Å². The van der Waals surface area contributed by atoms with E-state index in [9.17, 15) is 14.4 Å². The van der Waals surface area contributed by atoms with E-state index in [4.69, 9.17) is 0 Å². The molecule has 3 amide bonds. The van der Waals surface area contributed by atoms with Gasteiger partial charge in [0.05, 0.1) is 11.8 Å². The summed E-state index contributed by atoms with van der Waals surface area (Å²) in [5.74, 6) is -0.497. The van der Waals surface area contributed by atoms with E-state index in [1.54, 1.807) is 0 Å². The van der Waals surface area contributed by atoms with Gasteiger partial charge in [-0.25, -0.2) is 0 Å². The molecule has 2 fully saturated rings. The summed E-state index contributed by atoms with van der Waals surface area (Å²) in [5, 5.41) is 2.85. The molecule has 2 aliphatic rings. The van der Waals surface area contributed by atoms with Crippen molar-refractivity contribution in [3.8, 4) is 0 Å². The Morgan fingerprint density at radius 2 is 1.65 bits per heavy atom. The lowest BCUT2D eigenvalue weighted by Crippen LogP contribution is -2.42. The van der Waals surface area contributed by atoms with E-state index < -0.39 is 0 Å². The number of carbonyl (C=O) groups excluding carboxylic acids is 3. The molecule has 0 aromatic rings. The van der Waals surface area contributed by atoms with Gasteiger partial charge in [-0.1, -0.05) is 12.8 Å². The molecule has 1 saturated heterocycles. The van der Waals surface area contributed by atoms with Crippen LogP contribution < -0.4 is 5.32 Å². The highest BCUT2D eigenvalue weighted by atomic mass is 16.2. The van der Waals surface area contributed by atoms with Crippen LogP contribution in [0.15, 0.2) is 0 Å². The van der Waals surface area contributed by atoms with Crippen molar-refractivity contribution in [3.05, 3.63) is 0 Å².